The highest BCUT2D eigenvalue weighted by Gasteiger charge is 2.25. The van der Waals surface area contributed by atoms with Crippen LogP contribution >= 0.6 is 23.1 Å². The number of thioether (sulfide) groups is 1. The Hall–Kier alpha value is -3.01. The predicted molar refractivity (Wildman–Crippen MR) is 149 cm³/mol. The molecule has 0 spiro atoms. The Morgan fingerprint density at radius 2 is 1.55 bits per heavy atom. The van der Waals surface area contributed by atoms with E-state index in [1.165, 1.54) is 57.7 Å². The van der Waals surface area contributed by atoms with Crippen molar-refractivity contribution >= 4 is 66.5 Å². The molecule has 0 saturated carbocycles. The van der Waals surface area contributed by atoms with Crippen LogP contribution in [0.15, 0.2) is 94.9 Å². The molecule has 162 valence electrons. The number of rotatable bonds is 4. The van der Waals surface area contributed by atoms with Crippen LogP contribution in [0.25, 0.3) is 37.7 Å². The molecule has 0 aliphatic carbocycles. The van der Waals surface area contributed by atoms with Gasteiger partial charge in [0.1, 0.15) is 0 Å². The molecule has 4 aromatic carbocycles. The van der Waals surface area contributed by atoms with E-state index >= 15 is 0 Å². The summed E-state index contributed by atoms with van der Waals surface area (Å²) in [5.41, 5.74) is 2.81. The Balaban J connectivity index is 1.39. The maximum Gasteiger partial charge on any atom is 0.0801 e. The van der Waals surface area contributed by atoms with Gasteiger partial charge >= 0.3 is 0 Å². The monoisotopic (exact) mass is 463 g/mol. The van der Waals surface area contributed by atoms with Gasteiger partial charge in [-0.15, -0.1) is 11.3 Å². The van der Waals surface area contributed by atoms with E-state index in [0.29, 0.717) is 0 Å². The second kappa shape index (κ2) is 8.40. The third-order valence-corrected chi connectivity index (χ3v) is 8.76. The van der Waals surface area contributed by atoms with Crippen LogP contribution in [0.4, 0.5) is 5.69 Å². The molecule has 0 fully saturated rings. The molecule has 5 aromatic rings. The van der Waals surface area contributed by atoms with Gasteiger partial charge in [0.25, 0.3) is 0 Å². The molecule has 6 rings (SSSR count). The molecule has 0 unspecified atom stereocenters. The number of hydrogen-bond acceptors (Lipinski definition) is 3. The van der Waals surface area contributed by atoms with Crippen molar-refractivity contribution in [2.24, 2.45) is 0 Å². The molecule has 0 amide bonds. The third-order valence-electron chi connectivity index (χ3n) is 6.48. The van der Waals surface area contributed by atoms with Gasteiger partial charge in [0.05, 0.1) is 10.7 Å². The normalized spacial score (nSPS) is 15.0. The zero-order valence-electron chi connectivity index (χ0n) is 18.8. The van der Waals surface area contributed by atoms with Crippen molar-refractivity contribution in [2.75, 3.05) is 11.4 Å². The molecule has 1 aliphatic heterocycles. The summed E-state index contributed by atoms with van der Waals surface area (Å²) in [5.74, 6) is 0. The van der Waals surface area contributed by atoms with Gasteiger partial charge in [-0.1, -0.05) is 85.4 Å². The second-order valence-corrected chi connectivity index (χ2v) is 10.4. The molecular weight excluding hydrogens is 438 g/mol. The number of nitrogens with zero attached hydrogens (tertiary/aromatic N) is 1. The largest absolute Gasteiger partial charge is 0.335 e. The zero-order chi connectivity index (χ0) is 22.4. The molecule has 2 heterocycles. The maximum atomic E-state index is 2.45. The predicted octanol–water partition coefficient (Wildman–Crippen LogP) is 9.26. The van der Waals surface area contributed by atoms with E-state index in [1.807, 2.05) is 23.1 Å². The van der Waals surface area contributed by atoms with Crippen LogP contribution in [-0.2, 0) is 6.42 Å². The lowest BCUT2D eigenvalue weighted by molar-refractivity contribution is 1.01. The average molecular weight is 464 g/mol. The van der Waals surface area contributed by atoms with E-state index < -0.39 is 0 Å². The van der Waals surface area contributed by atoms with Gasteiger partial charge in [-0.25, -0.2) is 0 Å². The molecule has 1 aliphatic rings. The van der Waals surface area contributed by atoms with Crippen molar-refractivity contribution in [2.45, 2.75) is 25.2 Å². The Morgan fingerprint density at radius 3 is 2.33 bits per heavy atom. The van der Waals surface area contributed by atoms with Crippen LogP contribution in [-0.4, -0.2) is 6.54 Å². The van der Waals surface area contributed by atoms with E-state index in [-0.39, 0.29) is 0 Å². The standard InChI is InChI=1S/C30H25NS2/c1-3-22-25(32-26-18-16-20-10-5-7-12-23(20)29(22)26)14-9-15-28-31(4-2)30-24-13-8-6-11-21(24)17-19-27(30)33-28/h5-19H,3-4H2,1-2H3/b14-9+,28-15-. The highest BCUT2D eigenvalue weighted by Crippen LogP contribution is 2.49. The van der Waals surface area contributed by atoms with Gasteiger partial charge in [0, 0.05) is 31.8 Å². The van der Waals surface area contributed by atoms with Gasteiger partial charge in [0.15, 0.2) is 0 Å². The quantitative estimate of drug-likeness (QED) is 0.261. The van der Waals surface area contributed by atoms with Gasteiger partial charge in [-0.2, -0.15) is 0 Å². The summed E-state index contributed by atoms with van der Waals surface area (Å²) in [4.78, 5) is 5.17. The Morgan fingerprint density at radius 1 is 0.818 bits per heavy atom. The smallest absolute Gasteiger partial charge is 0.0801 e. The van der Waals surface area contributed by atoms with Gasteiger partial charge < -0.3 is 4.90 Å². The van der Waals surface area contributed by atoms with Crippen LogP contribution in [0.1, 0.15) is 24.3 Å². The SMILES string of the molecule is CCc1c(/C=C/C=C2\Sc3ccc4ccccc4c3N2CC)sc2ccc3ccccc3c12. The van der Waals surface area contributed by atoms with Crippen molar-refractivity contribution in [3.63, 3.8) is 0 Å². The van der Waals surface area contributed by atoms with Crippen LogP contribution in [0.5, 0.6) is 0 Å². The molecule has 0 atom stereocenters. The first kappa shape index (κ1) is 20.6. The van der Waals surface area contributed by atoms with Crippen molar-refractivity contribution in [3.05, 3.63) is 100 Å². The number of anilines is 1. The summed E-state index contributed by atoms with van der Waals surface area (Å²) >= 11 is 3.78. The number of benzene rings is 4. The maximum absolute atomic E-state index is 2.45. The molecule has 0 N–H and O–H groups in total. The molecule has 0 bridgehead atoms. The summed E-state index contributed by atoms with van der Waals surface area (Å²) in [6.45, 7) is 5.47. The van der Waals surface area contributed by atoms with Crippen LogP contribution in [0.3, 0.4) is 0 Å². The Kier molecular flexibility index (Phi) is 5.24. The minimum atomic E-state index is 0.961. The van der Waals surface area contributed by atoms with Crippen molar-refractivity contribution < 1.29 is 0 Å². The number of thiophene rings is 1. The van der Waals surface area contributed by atoms with Crippen molar-refractivity contribution in [3.8, 4) is 0 Å². The minimum Gasteiger partial charge on any atom is -0.335 e. The fourth-order valence-corrected chi connectivity index (χ4v) is 7.35. The molecule has 1 aromatic heterocycles. The summed E-state index contributed by atoms with van der Waals surface area (Å²) in [6, 6.07) is 26.5. The highest BCUT2D eigenvalue weighted by molar-refractivity contribution is 8.03. The molecule has 0 radical (unpaired) electrons. The lowest BCUT2D eigenvalue weighted by Crippen LogP contribution is -2.16. The average Bonchev–Trinajstić information content (AvgIpc) is 3.41. The first-order valence-corrected chi connectivity index (χ1v) is 13.2. The van der Waals surface area contributed by atoms with E-state index in [2.05, 4.69) is 110 Å². The van der Waals surface area contributed by atoms with Crippen LogP contribution in [0.2, 0.25) is 0 Å². The Labute approximate surface area is 203 Å². The molecule has 1 nitrogen and oxygen atoms in total. The first-order valence-electron chi connectivity index (χ1n) is 11.6. The zero-order valence-corrected chi connectivity index (χ0v) is 20.5. The molecular formula is C30H25NS2. The van der Waals surface area contributed by atoms with Crippen LogP contribution in [0, 0.1) is 0 Å². The van der Waals surface area contributed by atoms with E-state index in [4.69, 9.17) is 0 Å². The lowest BCUT2D eigenvalue weighted by atomic mass is 10.0. The number of hydrogen-bond donors (Lipinski definition) is 0. The minimum absolute atomic E-state index is 0.961. The number of aryl methyl sites for hydroxylation is 1. The number of fused-ring (bicyclic) bond motifs is 6. The fourth-order valence-electron chi connectivity index (χ4n) is 4.97. The van der Waals surface area contributed by atoms with Gasteiger partial charge in [0.2, 0.25) is 0 Å². The van der Waals surface area contributed by atoms with Crippen LogP contribution < -0.4 is 4.90 Å². The van der Waals surface area contributed by atoms with Crippen molar-refractivity contribution in [1.29, 1.82) is 0 Å². The summed E-state index contributed by atoms with van der Waals surface area (Å²) in [5, 5.41) is 8.05. The fraction of sp³-hybridized carbons (Fsp3) is 0.133. The molecule has 0 saturated heterocycles. The van der Waals surface area contributed by atoms with Crippen molar-refractivity contribution in [1.82, 2.24) is 0 Å². The van der Waals surface area contributed by atoms with E-state index in [9.17, 15) is 0 Å². The van der Waals surface area contributed by atoms with E-state index in [0.717, 1.165) is 13.0 Å². The topological polar surface area (TPSA) is 3.24 Å². The summed E-state index contributed by atoms with van der Waals surface area (Å²) in [6.07, 6.45) is 7.87. The number of allylic oxidation sites excluding steroid dienone is 2. The van der Waals surface area contributed by atoms with E-state index in [1.54, 1.807) is 0 Å². The van der Waals surface area contributed by atoms with Gasteiger partial charge in [-0.3, -0.25) is 0 Å². The summed E-state index contributed by atoms with van der Waals surface area (Å²) in [7, 11) is 0. The third kappa shape index (κ3) is 3.38. The summed E-state index contributed by atoms with van der Waals surface area (Å²) < 4.78 is 1.38. The lowest BCUT2D eigenvalue weighted by Gasteiger charge is -2.19. The first-order chi connectivity index (χ1) is 16.3. The Bertz CT molecular complexity index is 1570. The molecule has 33 heavy (non-hydrogen) atoms. The highest BCUT2D eigenvalue weighted by atomic mass is 32.2. The second-order valence-electron chi connectivity index (χ2n) is 8.30. The molecule has 3 heteroatoms. The van der Waals surface area contributed by atoms with Gasteiger partial charge in [-0.05, 0) is 59.4 Å².